The minimum atomic E-state index is -0.173. The van der Waals surface area contributed by atoms with E-state index < -0.39 is 0 Å². The van der Waals surface area contributed by atoms with E-state index in [0.717, 1.165) is 31.5 Å². The van der Waals surface area contributed by atoms with Crippen LogP contribution < -0.4 is 0 Å². The summed E-state index contributed by atoms with van der Waals surface area (Å²) in [6, 6.07) is 0.271. The van der Waals surface area contributed by atoms with Crippen LogP contribution in [0, 0.1) is 6.92 Å². The standard InChI is InChI=1S/C11H18N2O/c1-3-11-12-7-8(2)13(11)9-5-4-6-10(9)14/h7,9-10,14H,3-6H2,1-2H3. The summed E-state index contributed by atoms with van der Waals surface area (Å²) in [5.74, 6) is 1.11. The number of aliphatic hydroxyl groups is 1. The Morgan fingerprint density at radius 1 is 1.57 bits per heavy atom. The molecule has 1 saturated carbocycles. The summed E-state index contributed by atoms with van der Waals surface area (Å²) in [6.45, 7) is 4.18. The summed E-state index contributed by atoms with van der Waals surface area (Å²) in [5, 5.41) is 9.86. The molecule has 0 aliphatic heterocycles. The molecule has 0 bridgehead atoms. The molecule has 0 saturated heterocycles. The third-order valence-corrected chi connectivity index (χ3v) is 3.15. The molecule has 0 spiro atoms. The van der Waals surface area contributed by atoms with Crippen LogP contribution in [0.4, 0.5) is 0 Å². The van der Waals surface area contributed by atoms with Gasteiger partial charge in [0.05, 0.1) is 12.1 Å². The van der Waals surface area contributed by atoms with E-state index in [4.69, 9.17) is 0 Å². The first-order valence-electron chi connectivity index (χ1n) is 5.44. The highest BCUT2D eigenvalue weighted by molar-refractivity contribution is 5.07. The first-order valence-corrected chi connectivity index (χ1v) is 5.44. The molecule has 1 aliphatic rings. The van der Waals surface area contributed by atoms with Gasteiger partial charge in [0.1, 0.15) is 5.82 Å². The largest absolute Gasteiger partial charge is 0.391 e. The molecule has 1 fully saturated rings. The maximum atomic E-state index is 9.86. The van der Waals surface area contributed by atoms with Gasteiger partial charge < -0.3 is 9.67 Å². The van der Waals surface area contributed by atoms with Crippen LogP contribution in [0.25, 0.3) is 0 Å². The number of aromatic nitrogens is 2. The maximum Gasteiger partial charge on any atom is 0.108 e. The molecular weight excluding hydrogens is 176 g/mol. The Bertz CT molecular complexity index is 319. The van der Waals surface area contributed by atoms with Gasteiger partial charge in [-0.3, -0.25) is 0 Å². The van der Waals surface area contributed by atoms with E-state index in [-0.39, 0.29) is 12.1 Å². The molecule has 1 heterocycles. The van der Waals surface area contributed by atoms with Gasteiger partial charge in [-0.05, 0) is 26.2 Å². The van der Waals surface area contributed by atoms with Crippen LogP contribution >= 0.6 is 0 Å². The molecule has 2 atom stereocenters. The number of imidazole rings is 1. The number of rotatable bonds is 2. The molecule has 1 aromatic rings. The predicted molar refractivity (Wildman–Crippen MR) is 55.2 cm³/mol. The fourth-order valence-electron chi connectivity index (χ4n) is 2.43. The van der Waals surface area contributed by atoms with Crippen LogP contribution in [0.15, 0.2) is 6.20 Å². The molecular formula is C11H18N2O. The number of nitrogens with zero attached hydrogens (tertiary/aromatic N) is 2. The van der Waals surface area contributed by atoms with Gasteiger partial charge in [-0.15, -0.1) is 0 Å². The lowest BCUT2D eigenvalue weighted by molar-refractivity contribution is 0.134. The van der Waals surface area contributed by atoms with E-state index in [0.29, 0.717) is 0 Å². The molecule has 1 aliphatic carbocycles. The zero-order valence-corrected chi connectivity index (χ0v) is 8.90. The highest BCUT2D eigenvalue weighted by Gasteiger charge is 2.28. The van der Waals surface area contributed by atoms with E-state index in [1.807, 2.05) is 6.20 Å². The van der Waals surface area contributed by atoms with E-state index in [1.54, 1.807) is 0 Å². The lowest BCUT2D eigenvalue weighted by Crippen LogP contribution is -2.21. The Morgan fingerprint density at radius 2 is 2.36 bits per heavy atom. The van der Waals surface area contributed by atoms with Gasteiger partial charge in [-0.1, -0.05) is 6.92 Å². The van der Waals surface area contributed by atoms with E-state index >= 15 is 0 Å². The average Bonchev–Trinajstić information content (AvgIpc) is 2.72. The Hall–Kier alpha value is -0.830. The Morgan fingerprint density at radius 3 is 2.93 bits per heavy atom. The number of aliphatic hydroxyl groups excluding tert-OH is 1. The van der Waals surface area contributed by atoms with Crippen molar-refractivity contribution in [2.24, 2.45) is 0 Å². The molecule has 78 valence electrons. The predicted octanol–water partition coefficient (Wildman–Crippen LogP) is 1.84. The molecule has 0 amide bonds. The fourth-order valence-corrected chi connectivity index (χ4v) is 2.43. The molecule has 3 heteroatoms. The van der Waals surface area contributed by atoms with Crippen molar-refractivity contribution in [3.8, 4) is 0 Å². The lowest BCUT2D eigenvalue weighted by atomic mass is 10.2. The first kappa shape index (κ1) is 9.71. The van der Waals surface area contributed by atoms with Crippen LogP contribution in [-0.2, 0) is 6.42 Å². The van der Waals surface area contributed by atoms with Gasteiger partial charge in [-0.2, -0.15) is 0 Å². The van der Waals surface area contributed by atoms with Gasteiger partial charge in [-0.25, -0.2) is 4.98 Å². The van der Waals surface area contributed by atoms with E-state index in [1.165, 1.54) is 5.69 Å². The third kappa shape index (κ3) is 1.46. The normalized spacial score (nSPS) is 27.1. The van der Waals surface area contributed by atoms with E-state index in [9.17, 15) is 5.11 Å². The average molecular weight is 194 g/mol. The second-order valence-corrected chi connectivity index (χ2v) is 4.10. The van der Waals surface area contributed by atoms with Gasteiger partial charge in [0.25, 0.3) is 0 Å². The van der Waals surface area contributed by atoms with Gasteiger partial charge in [0.2, 0.25) is 0 Å². The van der Waals surface area contributed by atoms with Crippen LogP contribution in [-0.4, -0.2) is 20.8 Å². The van der Waals surface area contributed by atoms with Gasteiger partial charge >= 0.3 is 0 Å². The summed E-state index contributed by atoms with van der Waals surface area (Å²) >= 11 is 0. The van der Waals surface area contributed by atoms with Crippen LogP contribution in [0.5, 0.6) is 0 Å². The first-order chi connectivity index (χ1) is 6.74. The quantitative estimate of drug-likeness (QED) is 0.780. The lowest BCUT2D eigenvalue weighted by Gasteiger charge is -2.20. The van der Waals surface area contributed by atoms with Crippen molar-refractivity contribution in [2.45, 2.75) is 51.7 Å². The second kappa shape index (κ2) is 3.73. The van der Waals surface area contributed by atoms with Crippen molar-refractivity contribution in [2.75, 3.05) is 0 Å². The third-order valence-electron chi connectivity index (χ3n) is 3.15. The van der Waals surface area contributed by atoms with Crippen LogP contribution in [0.2, 0.25) is 0 Å². The van der Waals surface area contributed by atoms with E-state index in [2.05, 4.69) is 23.4 Å². The number of hydrogen-bond acceptors (Lipinski definition) is 2. The summed E-state index contributed by atoms with van der Waals surface area (Å²) in [6.07, 6.45) is 5.83. The topological polar surface area (TPSA) is 38.0 Å². The van der Waals surface area contributed by atoms with Crippen molar-refractivity contribution < 1.29 is 5.11 Å². The minimum absolute atomic E-state index is 0.173. The maximum absolute atomic E-state index is 9.86. The Labute approximate surface area is 84.8 Å². The summed E-state index contributed by atoms with van der Waals surface area (Å²) in [5.41, 5.74) is 1.17. The smallest absolute Gasteiger partial charge is 0.108 e. The molecule has 2 rings (SSSR count). The van der Waals surface area contributed by atoms with Crippen LogP contribution in [0.3, 0.4) is 0 Å². The van der Waals surface area contributed by atoms with Crippen molar-refractivity contribution in [3.63, 3.8) is 0 Å². The van der Waals surface area contributed by atoms with Crippen LogP contribution in [0.1, 0.15) is 43.7 Å². The Balaban J connectivity index is 2.33. The molecule has 2 unspecified atom stereocenters. The SMILES string of the molecule is CCc1ncc(C)n1C1CCCC1O. The van der Waals surface area contributed by atoms with Crippen molar-refractivity contribution in [3.05, 3.63) is 17.7 Å². The molecule has 1 aromatic heterocycles. The molecule has 0 aromatic carbocycles. The molecule has 14 heavy (non-hydrogen) atoms. The highest BCUT2D eigenvalue weighted by Crippen LogP contribution is 2.32. The molecule has 3 nitrogen and oxygen atoms in total. The van der Waals surface area contributed by atoms with Gasteiger partial charge in [0.15, 0.2) is 0 Å². The summed E-state index contributed by atoms with van der Waals surface area (Å²) in [4.78, 5) is 4.37. The monoisotopic (exact) mass is 194 g/mol. The highest BCUT2D eigenvalue weighted by atomic mass is 16.3. The number of aryl methyl sites for hydroxylation is 2. The fraction of sp³-hybridized carbons (Fsp3) is 0.727. The molecule has 0 radical (unpaired) electrons. The second-order valence-electron chi connectivity index (χ2n) is 4.10. The van der Waals surface area contributed by atoms with Gasteiger partial charge in [0, 0.05) is 18.3 Å². The zero-order chi connectivity index (χ0) is 10.1. The number of hydrogen-bond donors (Lipinski definition) is 1. The summed E-state index contributed by atoms with van der Waals surface area (Å²) in [7, 11) is 0. The Kier molecular flexibility index (Phi) is 2.59. The van der Waals surface area contributed by atoms with Crippen molar-refractivity contribution in [1.29, 1.82) is 0 Å². The summed E-state index contributed by atoms with van der Waals surface area (Å²) < 4.78 is 2.22. The minimum Gasteiger partial charge on any atom is -0.391 e. The molecule has 1 N–H and O–H groups in total. The van der Waals surface area contributed by atoms with Crippen molar-refractivity contribution >= 4 is 0 Å². The zero-order valence-electron chi connectivity index (χ0n) is 8.90. The van der Waals surface area contributed by atoms with Crippen molar-refractivity contribution in [1.82, 2.24) is 9.55 Å².